The van der Waals surface area contributed by atoms with Gasteiger partial charge in [0.1, 0.15) is 16.6 Å². The first-order valence-corrected chi connectivity index (χ1v) is 7.94. The number of carbonyl (C=O) groups excluding carboxylic acids is 1. The molecule has 0 saturated heterocycles. The van der Waals surface area contributed by atoms with E-state index in [4.69, 9.17) is 10.5 Å². The Morgan fingerprint density at radius 2 is 2.24 bits per heavy atom. The largest absolute Gasteiger partial charge is 0.461 e. The lowest BCUT2D eigenvalue weighted by atomic mass is 10.2. The summed E-state index contributed by atoms with van der Waals surface area (Å²) in [4.78, 5) is 20.7. The van der Waals surface area contributed by atoms with Gasteiger partial charge >= 0.3 is 5.97 Å². The van der Waals surface area contributed by atoms with Crippen LogP contribution in [0, 0.1) is 0 Å². The van der Waals surface area contributed by atoms with E-state index in [1.807, 2.05) is 16.9 Å². The minimum atomic E-state index is -0.475. The van der Waals surface area contributed by atoms with Crippen LogP contribution in [0.3, 0.4) is 0 Å². The van der Waals surface area contributed by atoms with Crippen molar-refractivity contribution in [2.75, 3.05) is 12.3 Å². The smallest absolute Gasteiger partial charge is 0.360 e. The second kappa shape index (κ2) is 6.71. The molecule has 0 spiro atoms. The van der Waals surface area contributed by atoms with E-state index in [1.165, 1.54) is 0 Å². The molecule has 0 aliphatic rings. The molecule has 2 rings (SSSR count). The summed E-state index contributed by atoms with van der Waals surface area (Å²) in [6, 6.07) is -0.00405. The van der Waals surface area contributed by atoms with E-state index in [1.54, 1.807) is 24.5 Å². The molecule has 0 fully saturated rings. The number of nitrogens with two attached hydrogens (primary N) is 1. The number of ether oxygens (including phenoxy) is 1. The third kappa shape index (κ3) is 2.92. The van der Waals surface area contributed by atoms with Crippen LogP contribution < -0.4 is 5.73 Å². The Labute approximate surface area is 128 Å². The number of aryl methyl sites for hydroxylation is 1. The number of nitrogen functional groups attached to an aromatic ring is 1. The third-order valence-electron chi connectivity index (χ3n) is 3.24. The number of aromatic nitrogens is 3. The first-order valence-electron chi connectivity index (χ1n) is 7.06. The van der Waals surface area contributed by atoms with Gasteiger partial charge in [-0.15, -0.1) is 11.3 Å². The fraction of sp³-hybridized carbons (Fsp3) is 0.500. The number of hydrogen-bond donors (Lipinski definition) is 1. The van der Waals surface area contributed by atoms with Gasteiger partial charge in [-0.05, 0) is 13.3 Å². The highest BCUT2D eigenvalue weighted by Crippen LogP contribution is 2.30. The Bertz CT molecular complexity index is 607. The Morgan fingerprint density at radius 1 is 1.48 bits per heavy atom. The van der Waals surface area contributed by atoms with Crippen molar-refractivity contribution in [2.45, 2.75) is 39.7 Å². The number of esters is 1. The van der Waals surface area contributed by atoms with Gasteiger partial charge in [0.15, 0.2) is 5.69 Å². The predicted molar refractivity (Wildman–Crippen MR) is 82.5 cm³/mol. The van der Waals surface area contributed by atoms with E-state index in [0.29, 0.717) is 18.8 Å². The van der Waals surface area contributed by atoms with Gasteiger partial charge in [0.25, 0.3) is 0 Å². The summed E-state index contributed by atoms with van der Waals surface area (Å²) in [6.45, 7) is 6.11. The molecule has 0 amide bonds. The summed E-state index contributed by atoms with van der Waals surface area (Å²) in [5, 5.41) is 2.90. The lowest BCUT2D eigenvalue weighted by molar-refractivity contribution is 0.0521. The van der Waals surface area contributed by atoms with Crippen molar-refractivity contribution in [1.29, 1.82) is 0 Å². The van der Waals surface area contributed by atoms with Gasteiger partial charge in [-0.25, -0.2) is 14.8 Å². The molecule has 2 aromatic heterocycles. The zero-order chi connectivity index (χ0) is 15.4. The molecule has 0 saturated carbocycles. The van der Waals surface area contributed by atoms with Gasteiger partial charge < -0.3 is 15.0 Å². The number of imidazole rings is 1. The van der Waals surface area contributed by atoms with Crippen LogP contribution in [0.4, 0.5) is 5.82 Å². The predicted octanol–water partition coefficient (Wildman–Crippen LogP) is 2.66. The average molecular weight is 308 g/mol. The Balaban J connectivity index is 2.49. The van der Waals surface area contributed by atoms with Crippen molar-refractivity contribution in [3.63, 3.8) is 0 Å². The Hall–Kier alpha value is -1.89. The highest BCUT2D eigenvalue weighted by molar-refractivity contribution is 7.09. The topological polar surface area (TPSA) is 83.0 Å². The molecule has 6 nitrogen and oxygen atoms in total. The zero-order valence-electron chi connectivity index (χ0n) is 12.5. The number of hydrogen-bond acceptors (Lipinski definition) is 6. The van der Waals surface area contributed by atoms with Gasteiger partial charge in [0.2, 0.25) is 0 Å². The Kier molecular flexibility index (Phi) is 4.95. The molecule has 2 N–H and O–H groups in total. The maximum absolute atomic E-state index is 12.0. The number of nitrogens with zero attached hydrogens (tertiary/aromatic N) is 3. The standard InChI is InChI=1S/C14H20N4O2S/c1-4-9(13-16-7-8-21-13)18-10(5-2)17-11(12(18)15)14(19)20-6-3/h7-9H,4-6,15H2,1-3H3. The van der Waals surface area contributed by atoms with Gasteiger partial charge in [-0.3, -0.25) is 0 Å². The summed E-state index contributed by atoms with van der Waals surface area (Å²) in [5.74, 6) is 0.655. The van der Waals surface area contributed by atoms with E-state index >= 15 is 0 Å². The summed E-state index contributed by atoms with van der Waals surface area (Å²) >= 11 is 1.57. The van der Waals surface area contributed by atoms with Gasteiger partial charge in [-0.2, -0.15) is 0 Å². The molecular weight excluding hydrogens is 288 g/mol. The summed E-state index contributed by atoms with van der Waals surface area (Å²) in [6.07, 6.45) is 3.28. The first kappa shape index (κ1) is 15.5. The minimum absolute atomic E-state index is 0.00405. The second-order valence-electron chi connectivity index (χ2n) is 4.50. The summed E-state index contributed by atoms with van der Waals surface area (Å²) in [5.41, 5.74) is 6.37. The van der Waals surface area contributed by atoms with Crippen molar-refractivity contribution >= 4 is 23.1 Å². The van der Waals surface area contributed by atoms with E-state index < -0.39 is 5.97 Å². The van der Waals surface area contributed by atoms with Crippen molar-refractivity contribution in [1.82, 2.24) is 14.5 Å². The zero-order valence-corrected chi connectivity index (χ0v) is 13.3. The van der Waals surface area contributed by atoms with Gasteiger partial charge in [0, 0.05) is 18.0 Å². The molecule has 0 bridgehead atoms. The number of carbonyl (C=O) groups is 1. The van der Waals surface area contributed by atoms with Crippen molar-refractivity contribution in [3.05, 3.63) is 28.1 Å². The number of thiazole rings is 1. The van der Waals surface area contributed by atoms with Crippen LogP contribution in [0.1, 0.15) is 54.6 Å². The molecule has 0 radical (unpaired) electrons. The van der Waals surface area contributed by atoms with E-state index in [9.17, 15) is 4.79 Å². The van der Waals surface area contributed by atoms with E-state index in [0.717, 1.165) is 17.3 Å². The van der Waals surface area contributed by atoms with Crippen molar-refractivity contribution < 1.29 is 9.53 Å². The summed E-state index contributed by atoms with van der Waals surface area (Å²) in [7, 11) is 0. The van der Waals surface area contributed by atoms with Crippen LogP contribution in [0.15, 0.2) is 11.6 Å². The van der Waals surface area contributed by atoms with Crippen LogP contribution in [-0.2, 0) is 11.2 Å². The molecule has 21 heavy (non-hydrogen) atoms. The molecule has 0 aliphatic heterocycles. The molecule has 2 aromatic rings. The quantitative estimate of drug-likeness (QED) is 0.829. The van der Waals surface area contributed by atoms with Crippen LogP contribution in [-0.4, -0.2) is 27.1 Å². The third-order valence-corrected chi connectivity index (χ3v) is 4.12. The molecule has 2 heterocycles. The highest BCUT2D eigenvalue weighted by atomic mass is 32.1. The van der Waals surface area contributed by atoms with E-state index in [-0.39, 0.29) is 11.7 Å². The van der Waals surface area contributed by atoms with Crippen molar-refractivity contribution in [3.8, 4) is 0 Å². The molecule has 114 valence electrons. The normalized spacial score (nSPS) is 12.3. The minimum Gasteiger partial charge on any atom is -0.461 e. The molecule has 0 aromatic carbocycles. The summed E-state index contributed by atoms with van der Waals surface area (Å²) < 4.78 is 6.93. The lowest BCUT2D eigenvalue weighted by Crippen LogP contribution is -2.16. The van der Waals surface area contributed by atoms with Crippen LogP contribution in [0.25, 0.3) is 0 Å². The maximum atomic E-state index is 12.0. The highest BCUT2D eigenvalue weighted by Gasteiger charge is 2.26. The number of rotatable bonds is 6. The Morgan fingerprint density at radius 3 is 2.76 bits per heavy atom. The molecule has 0 aliphatic carbocycles. The monoisotopic (exact) mass is 308 g/mol. The molecular formula is C14H20N4O2S. The lowest BCUT2D eigenvalue weighted by Gasteiger charge is -2.18. The first-order chi connectivity index (χ1) is 10.1. The maximum Gasteiger partial charge on any atom is 0.360 e. The average Bonchev–Trinajstić information content (AvgIpc) is 3.10. The second-order valence-corrected chi connectivity index (χ2v) is 5.43. The SMILES string of the molecule is CCOC(=O)c1nc(CC)n(C(CC)c2nccs2)c1N. The van der Waals surface area contributed by atoms with Crippen LogP contribution in [0.2, 0.25) is 0 Å². The molecule has 7 heteroatoms. The number of anilines is 1. The van der Waals surface area contributed by atoms with Gasteiger partial charge in [0.05, 0.1) is 12.6 Å². The fourth-order valence-electron chi connectivity index (χ4n) is 2.31. The molecule has 1 atom stereocenters. The van der Waals surface area contributed by atoms with Gasteiger partial charge in [-0.1, -0.05) is 13.8 Å². The van der Waals surface area contributed by atoms with Crippen LogP contribution in [0.5, 0.6) is 0 Å². The van der Waals surface area contributed by atoms with E-state index in [2.05, 4.69) is 16.9 Å². The molecule has 1 unspecified atom stereocenters. The van der Waals surface area contributed by atoms with Crippen LogP contribution >= 0.6 is 11.3 Å². The van der Waals surface area contributed by atoms with Crippen molar-refractivity contribution in [2.24, 2.45) is 0 Å². The fourth-order valence-corrected chi connectivity index (χ4v) is 3.12.